The molecule has 2 aromatic rings. The van der Waals surface area contributed by atoms with Crippen molar-refractivity contribution in [1.82, 2.24) is 9.78 Å². The van der Waals surface area contributed by atoms with E-state index in [4.69, 9.17) is 5.11 Å². The maximum Gasteiger partial charge on any atom is 0.387 e. The van der Waals surface area contributed by atoms with Gasteiger partial charge >= 0.3 is 12.6 Å². The van der Waals surface area contributed by atoms with Crippen molar-refractivity contribution in [3.8, 4) is 5.75 Å². The van der Waals surface area contributed by atoms with Crippen molar-refractivity contribution in [1.29, 1.82) is 0 Å². The number of aromatic nitrogens is 2. The van der Waals surface area contributed by atoms with Gasteiger partial charge in [-0.1, -0.05) is 12.1 Å². The van der Waals surface area contributed by atoms with Gasteiger partial charge in [-0.2, -0.15) is 13.9 Å². The molecule has 0 aliphatic rings. The Morgan fingerprint density at radius 3 is 2.86 bits per heavy atom. The number of rotatable bonds is 6. The zero-order chi connectivity index (χ0) is 15.4. The first-order chi connectivity index (χ1) is 9.99. The van der Waals surface area contributed by atoms with Crippen molar-refractivity contribution in [3.05, 3.63) is 41.7 Å². The molecule has 2 N–H and O–H groups in total. The molecule has 2 rings (SSSR count). The number of halogens is 2. The number of hydrogen-bond donors (Lipinski definition) is 2. The van der Waals surface area contributed by atoms with Crippen LogP contribution in [-0.4, -0.2) is 27.5 Å². The molecule has 112 valence electrons. The third-order valence-corrected chi connectivity index (χ3v) is 2.84. The third kappa shape index (κ3) is 3.47. The largest absolute Gasteiger partial charge is 0.478 e. The SMILES string of the molecule is Cn1ncc(C(=O)O)c1CNc1ccccc1OC(F)F. The molecule has 1 heterocycles. The summed E-state index contributed by atoms with van der Waals surface area (Å²) in [5.41, 5.74) is 0.821. The molecule has 8 heteroatoms. The lowest BCUT2D eigenvalue weighted by Gasteiger charge is -2.13. The summed E-state index contributed by atoms with van der Waals surface area (Å²) < 4.78 is 30.4. The van der Waals surface area contributed by atoms with Crippen LogP contribution in [0.25, 0.3) is 0 Å². The van der Waals surface area contributed by atoms with Gasteiger partial charge in [0.2, 0.25) is 0 Å². The molecule has 0 saturated carbocycles. The normalized spacial score (nSPS) is 10.7. The Labute approximate surface area is 119 Å². The van der Waals surface area contributed by atoms with Gasteiger partial charge in [0.25, 0.3) is 0 Å². The van der Waals surface area contributed by atoms with Gasteiger partial charge in [-0.05, 0) is 12.1 Å². The van der Waals surface area contributed by atoms with E-state index in [0.29, 0.717) is 11.4 Å². The van der Waals surface area contributed by atoms with E-state index in [1.165, 1.54) is 16.9 Å². The zero-order valence-corrected chi connectivity index (χ0v) is 11.1. The lowest BCUT2D eigenvalue weighted by molar-refractivity contribution is -0.0493. The number of aromatic carboxylic acids is 1. The number of carboxylic acid groups (broad SMARTS) is 1. The molecule has 6 nitrogen and oxygen atoms in total. The number of hydrogen-bond acceptors (Lipinski definition) is 4. The zero-order valence-electron chi connectivity index (χ0n) is 11.1. The number of aryl methyl sites for hydroxylation is 1. The molecule has 1 aromatic carbocycles. The molecule has 1 aromatic heterocycles. The number of nitrogens with zero attached hydrogens (tertiary/aromatic N) is 2. The number of ether oxygens (including phenoxy) is 1. The van der Waals surface area contributed by atoms with Crippen LogP contribution in [0.3, 0.4) is 0 Å². The van der Waals surface area contributed by atoms with E-state index in [2.05, 4.69) is 15.2 Å². The molecule has 21 heavy (non-hydrogen) atoms. The Hall–Kier alpha value is -2.64. The highest BCUT2D eigenvalue weighted by Gasteiger charge is 2.15. The lowest BCUT2D eigenvalue weighted by Crippen LogP contribution is -2.11. The summed E-state index contributed by atoms with van der Waals surface area (Å²) in [6.07, 6.45) is 1.24. The van der Waals surface area contributed by atoms with Gasteiger partial charge in [0.05, 0.1) is 24.1 Å². The topological polar surface area (TPSA) is 76.4 Å². The predicted octanol–water partition coefficient (Wildman–Crippen LogP) is 2.33. The second kappa shape index (κ2) is 6.21. The monoisotopic (exact) mass is 297 g/mol. The van der Waals surface area contributed by atoms with E-state index >= 15 is 0 Å². The van der Waals surface area contributed by atoms with E-state index in [1.807, 2.05) is 0 Å². The summed E-state index contributed by atoms with van der Waals surface area (Å²) in [6.45, 7) is -2.82. The van der Waals surface area contributed by atoms with Crippen molar-refractivity contribution in [3.63, 3.8) is 0 Å². The van der Waals surface area contributed by atoms with Gasteiger partial charge in [0.1, 0.15) is 11.3 Å². The van der Waals surface area contributed by atoms with Crippen molar-refractivity contribution >= 4 is 11.7 Å². The summed E-state index contributed by atoms with van der Waals surface area (Å²) >= 11 is 0. The van der Waals surface area contributed by atoms with Crippen LogP contribution in [0, 0.1) is 0 Å². The molecule has 0 amide bonds. The van der Waals surface area contributed by atoms with E-state index in [0.717, 1.165) is 0 Å². The Morgan fingerprint density at radius 1 is 1.48 bits per heavy atom. The number of carbonyl (C=O) groups is 1. The van der Waals surface area contributed by atoms with Crippen LogP contribution in [0.15, 0.2) is 30.5 Å². The standard InChI is InChI=1S/C13H13F2N3O3/c1-18-10(8(6-17-18)12(19)20)7-16-9-4-2-3-5-11(9)21-13(14)15/h2-6,13,16H,7H2,1H3,(H,19,20). The Kier molecular flexibility index (Phi) is 4.36. The Bertz CT molecular complexity index is 643. The maximum atomic E-state index is 12.3. The van der Waals surface area contributed by atoms with Crippen LogP contribution in [-0.2, 0) is 13.6 Å². The van der Waals surface area contributed by atoms with Crippen molar-refractivity contribution in [2.24, 2.45) is 7.05 Å². The van der Waals surface area contributed by atoms with Gasteiger partial charge in [-0.25, -0.2) is 4.79 Å². The number of benzene rings is 1. The molecule has 0 bridgehead atoms. The van der Waals surface area contributed by atoms with Crippen LogP contribution < -0.4 is 10.1 Å². The van der Waals surface area contributed by atoms with Crippen LogP contribution in [0.4, 0.5) is 14.5 Å². The van der Waals surface area contributed by atoms with Crippen molar-refractivity contribution < 1.29 is 23.4 Å². The first kappa shape index (κ1) is 14.8. The molecule has 0 saturated heterocycles. The predicted molar refractivity (Wildman–Crippen MR) is 70.6 cm³/mol. The first-order valence-corrected chi connectivity index (χ1v) is 6.01. The summed E-state index contributed by atoms with van der Waals surface area (Å²) in [4.78, 5) is 11.1. The van der Waals surface area contributed by atoms with Gasteiger partial charge < -0.3 is 15.2 Å². The molecule has 0 aliphatic carbocycles. The summed E-state index contributed by atoms with van der Waals surface area (Å²) in [6, 6.07) is 6.18. The highest BCUT2D eigenvalue weighted by Crippen LogP contribution is 2.26. The average molecular weight is 297 g/mol. The number of carboxylic acids is 1. The van der Waals surface area contributed by atoms with Gasteiger partial charge in [-0.3, -0.25) is 4.68 Å². The minimum atomic E-state index is -2.93. The summed E-state index contributed by atoms with van der Waals surface area (Å²) in [5.74, 6) is -1.11. The number of para-hydroxylation sites is 2. The number of nitrogens with one attached hydrogen (secondary N) is 1. The van der Waals surface area contributed by atoms with Crippen LogP contribution in [0.5, 0.6) is 5.75 Å². The van der Waals surface area contributed by atoms with E-state index < -0.39 is 12.6 Å². The highest BCUT2D eigenvalue weighted by atomic mass is 19.3. The molecule has 0 radical (unpaired) electrons. The molecule has 0 spiro atoms. The van der Waals surface area contributed by atoms with E-state index in [1.54, 1.807) is 25.2 Å². The van der Waals surface area contributed by atoms with Gasteiger partial charge in [-0.15, -0.1) is 0 Å². The third-order valence-electron chi connectivity index (χ3n) is 2.84. The van der Waals surface area contributed by atoms with Gasteiger partial charge in [0.15, 0.2) is 0 Å². The minimum Gasteiger partial charge on any atom is -0.478 e. The Balaban J connectivity index is 2.17. The molecular weight excluding hydrogens is 284 g/mol. The summed E-state index contributed by atoms with van der Waals surface area (Å²) in [5, 5.41) is 15.8. The smallest absolute Gasteiger partial charge is 0.387 e. The fourth-order valence-electron chi connectivity index (χ4n) is 1.84. The Morgan fingerprint density at radius 2 is 2.19 bits per heavy atom. The van der Waals surface area contributed by atoms with Crippen molar-refractivity contribution in [2.75, 3.05) is 5.32 Å². The first-order valence-electron chi connectivity index (χ1n) is 6.01. The second-order valence-corrected chi connectivity index (χ2v) is 4.16. The van der Waals surface area contributed by atoms with Crippen LogP contribution in [0.2, 0.25) is 0 Å². The fourth-order valence-corrected chi connectivity index (χ4v) is 1.84. The fraction of sp³-hybridized carbons (Fsp3) is 0.231. The highest BCUT2D eigenvalue weighted by molar-refractivity contribution is 5.88. The van der Waals surface area contributed by atoms with E-state index in [9.17, 15) is 13.6 Å². The van der Waals surface area contributed by atoms with Crippen LogP contribution >= 0.6 is 0 Å². The maximum absolute atomic E-state index is 12.3. The molecule has 0 atom stereocenters. The molecular formula is C13H13F2N3O3. The summed E-state index contributed by atoms with van der Waals surface area (Å²) in [7, 11) is 1.60. The van der Waals surface area contributed by atoms with Crippen LogP contribution in [0.1, 0.15) is 16.1 Å². The van der Waals surface area contributed by atoms with Gasteiger partial charge in [0, 0.05) is 7.05 Å². The average Bonchev–Trinajstić information content (AvgIpc) is 2.78. The lowest BCUT2D eigenvalue weighted by atomic mass is 10.2. The van der Waals surface area contributed by atoms with E-state index in [-0.39, 0.29) is 17.9 Å². The second-order valence-electron chi connectivity index (χ2n) is 4.16. The molecule has 0 unspecified atom stereocenters. The number of alkyl halides is 2. The number of anilines is 1. The van der Waals surface area contributed by atoms with Crippen molar-refractivity contribution in [2.45, 2.75) is 13.2 Å². The minimum absolute atomic E-state index is 0.00783. The quantitative estimate of drug-likeness (QED) is 0.856. The molecule has 0 fully saturated rings. The molecule has 0 aliphatic heterocycles.